The smallest absolute Gasteiger partial charge is 0.309 e. The molecule has 2 fully saturated rings. The van der Waals surface area contributed by atoms with E-state index in [1.54, 1.807) is 36.4 Å². The Balaban J connectivity index is 0.990. The number of nitrogens with one attached hydrogen (secondary N) is 11. The molecule has 4 aliphatic rings. The van der Waals surface area contributed by atoms with E-state index in [2.05, 4.69) is 62.5 Å². The number of carbonyl (C=O) groups is 10. The first-order valence-corrected chi connectivity index (χ1v) is 28.4. The molecule has 2 aliphatic heterocycles. The molecule has 25 nitrogen and oxygen atoms in total. The van der Waals surface area contributed by atoms with Crippen molar-refractivity contribution in [2.24, 2.45) is 11.7 Å². The normalized spacial score (nSPS) is 24.8. The van der Waals surface area contributed by atoms with Crippen molar-refractivity contribution in [3.05, 3.63) is 155 Å². The molecule has 11 rings (SSSR count). The Labute approximate surface area is 499 Å². The van der Waals surface area contributed by atoms with E-state index >= 15 is 4.79 Å². The van der Waals surface area contributed by atoms with Gasteiger partial charge in [0, 0.05) is 97.1 Å². The number of primary amides is 1. The number of nitrogens with zero attached hydrogens (tertiary/aromatic N) is 1. The number of hydrogen-bond acceptors (Lipinski definition) is 12. The van der Waals surface area contributed by atoms with Gasteiger partial charge >= 0.3 is 5.97 Å². The van der Waals surface area contributed by atoms with Gasteiger partial charge < -0.3 is 73.4 Å². The van der Waals surface area contributed by atoms with Crippen LogP contribution in [0.2, 0.25) is 0 Å². The number of phenolic OH excluding ortho intramolecular Hbond substituents is 1. The van der Waals surface area contributed by atoms with E-state index in [1.807, 2.05) is 0 Å². The SMILES string of the molecule is NC(=O)[C@@H]1Cc2ccc(cc2)CNC(=O)CCCCC(=O)NCC(=O)N[C@@H](Cc2c[nH]c3ccc(F)cc23)C(=O)N[C@@H](Cc2c[nH]c3ccc(F)cc23)C(=O)NC2(C[C@H]2C(=O)O)C(=O)N[C@@H](Cc2cnc[nH]2)C(=O)NC2(CC2c2ccc(O)cc2)C(=O)N1. The van der Waals surface area contributed by atoms with Crippen molar-refractivity contribution in [3.63, 3.8) is 0 Å². The number of carboxylic acid groups (broad SMARTS) is 1. The summed E-state index contributed by atoms with van der Waals surface area (Å²) >= 11 is 0. The number of benzene rings is 4. The first-order valence-electron chi connectivity index (χ1n) is 28.4. The van der Waals surface area contributed by atoms with Crippen LogP contribution in [0.3, 0.4) is 0 Å². The van der Waals surface area contributed by atoms with Crippen molar-refractivity contribution in [2.75, 3.05) is 6.54 Å². The fraction of sp³-hybridized carbons (Fsp3) is 0.328. The Hall–Kier alpha value is -10.5. The number of amides is 9. The van der Waals surface area contributed by atoms with Crippen LogP contribution < -0.4 is 48.3 Å². The highest BCUT2D eigenvalue weighted by Crippen LogP contribution is 2.52. The molecule has 27 heteroatoms. The predicted molar refractivity (Wildman–Crippen MR) is 310 cm³/mol. The second-order valence-corrected chi connectivity index (χ2v) is 22.5. The van der Waals surface area contributed by atoms with E-state index in [-0.39, 0.29) is 79.8 Å². The average Bonchev–Trinajstić information content (AvgIpc) is 1.61. The van der Waals surface area contributed by atoms with Gasteiger partial charge in [-0.15, -0.1) is 0 Å². The molecule has 4 aromatic carbocycles. The summed E-state index contributed by atoms with van der Waals surface area (Å²) in [7, 11) is 0. The number of aliphatic carboxylic acids is 1. The number of hydrogen-bond donors (Lipinski definition) is 14. The van der Waals surface area contributed by atoms with Crippen LogP contribution >= 0.6 is 0 Å². The van der Waals surface area contributed by atoms with Gasteiger partial charge in [-0.3, -0.25) is 47.9 Å². The number of nitrogens with two attached hydrogens (primary N) is 1. The van der Waals surface area contributed by atoms with Crippen molar-refractivity contribution in [2.45, 2.75) is 112 Å². The molecule has 2 aliphatic carbocycles. The molecule has 9 amide bonds. The Morgan fingerprint density at radius 2 is 1.16 bits per heavy atom. The van der Waals surface area contributed by atoms with Gasteiger partial charge in [-0.25, -0.2) is 13.8 Å². The third-order valence-electron chi connectivity index (χ3n) is 16.3. The number of H-pyrrole nitrogens is 3. The minimum absolute atomic E-state index is 0.0525. The van der Waals surface area contributed by atoms with E-state index in [0.29, 0.717) is 45.1 Å². The fourth-order valence-corrected chi connectivity index (χ4v) is 11.2. The van der Waals surface area contributed by atoms with Crippen molar-refractivity contribution >= 4 is 80.9 Å². The summed E-state index contributed by atoms with van der Waals surface area (Å²) in [5.41, 5.74) is 5.31. The molecule has 2 saturated carbocycles. The zero-order valence-corrected chi connectivity index (χ0v) is 47.1. The lowest BCUT2D eigenvalue weighted by Gasteiger charge is -2.28. The second-order valence-electron chi connectivity index (χ2n) is 22.5. The molecule has 8 atom stereocenters. The molecule has 2 spiro atoms. The standard InChI is InChI=1S/C61H63F2N13O12/c62-36-11-15-44-40(20-36)34(26-66-44)18-47-54(82)72-48(19-35-27-67-45-16-12-37(63)21-41(35)45)55(83)76-61(24-43(61)57(85)86)59(88)74-49(22-38-28-65-30-70-38)56(84)75-60(23-42(60)33-9-13-39(77)14-10-33)58(87)73-46(53(64)81)17-31-5-7-32(8-6-31)25-68-50(78)3-1-2-4-51(79)69-29-52(80)71-47/h5-16,20-21,26-28,30,42-43,46-49,66-67,77H,1-4,17-19,22-25,29H2,(H2,64,81)(H,65,70)(H,68,78)(H,69,79)(H,71,80)(H,72,82)(H,73,87)(H,74,88)(H,75,84)(H,76,83)(H,85,86)/t42?,43-,46-,47-,48-,49-,60?,61?/m0/s1. The van der Waals surface area contributed by atoms with Crippen LogP contribution in [0.5, 0.6) is 5.75 Å². The summed E-state index contributed by atoms with van der Waals surface area (Å²) in [6, 6.07) is 14.0. The number of aromatic amines is 3. The number of aromatic nitrogens is 4. The molecule has 88 heavy (non-hydrogen) atoms. The number of carbonyl (C=O) groups excluding carboxylic acids is 9. The van der Waals surface area contributed by atoms with E-state index in [4.69, 9.17) is 5.73 Å². The number of phenols is 1. The highest BCUT2D eigenvalue weighted by atomic mass is 19.1. The molecule has 7 aromatic rings. The molecule has 15 N–H and O–H groups in total. The van der Waals surface area contributed by atoms with Crippen molar-refractivity contribution in [1.82, 2.24) is 62.5 Å². The molecule has 3 unspecified atom stereocenters. The van der Waals surface area contributed by atoms with Gasteiger partial charge in [0.05, 0.1) is 18.8 Å². The molecule has 5 heterocycles. The molecule has 2 bridgehead atoms. The van der Waals surface area contributed by atoms with Crippen LogP contribution in [0.25, 0.3) is 21.8 Å². The maximum absolute atomic E-state index is 15.1. The summed E-state index contributed by atoms with van der Waals surface area (Å²) in [5, 5.41) is 42.5. The number of rotatable bonds is 9. The monoisotopic (exact) mass is 1210 g/mol. The summed E-state index contributed by atoms with van der Waals surface area (Å²) < 4.78 is 29.5. The Bertz CT molecular complexity index is 3850. The quantitative estimate of drug-likeness (QED) is 0.0910. The van der Waals surface area contributed by atoms with E-state index in [0.717, 1.165) is 0 Å². The van der Waals surface area contributed by atoms with Gasteiger partial charge in [-0.1, -0.05) is 36.4 Å². The second kappa shape index (κ2) is 25.6. The van der Waals surface area contributed by atoms with Gasteiger partial charge in [0.25, 0.3) is 0 Å². The average molecular weight is 1210 g/mol. The first kappa shape index (κ1) is 60.6. The van der Waals surface area contributed by atoms with Gasteiger partial charge in [-0.05, 0) is 102 Å². The number of fused-ring (bicyclic) bond motifs is 28. The van der Waals surface area contributed by atoms with Crippen molar-refractivity contribution in [1.29, 1.82) is 0 Å². The van der Waals surface area contributed by atoms with E-state index in [9.17, 15) is 62.1 Å². The first-order chi connectivity index (χ1) is 42.2. The lowest BCUT2D eigenvalue weighted by Crippen LogP contribution is -2.62. The van der Waals surface area contributed by atoms with Crippen LogP contribution in [0.1, 0.15) is 78.0 Å². The number of halogens is 2. The third-order valence-corrected chi connectivity index (χ3v) is 16.3. The van der Waals surface area contributed by atoms with Gasteiger partial charge in [0.15, 0.2) is 0 Å². The molecule has 0 saturated heterocycles. The van der Waals surface area contributed by atoms with Crippen LogP contribution in [-0.2, 0) is 80.2 Å². The Morgan fingerprint density at radius 3 is 1.73 bits per heavy atom. The molecule has 458 valence electrons. The molecule has 0 radical (unpaired) electrons. The molecule has 3 aromatic heterocycles. The fourth-order valence-electron chi connectivity index (χ4n) is 11.2. The Morgan fingerprint density at radius 1 is 0.602 bits per heavy atom. The lowest BCUT2D eigenvalue weighted by molar-refractivity contribution is -0.142. The van der Waals surface area contributed by atoms with Crippen molar-refractivity contribution in [3.8, 4) is 5.75 Å². The van der Waals surface area contributed by atoms with Crippen LogP contribution in [0, 0.1) is 17.6 Å². The minimum atomic E-state index is -2.31. The summed E-state index contributed by atoms with van der Waals surface area (Å²) in [4.78, 5) is 153. The highest BCUT2D eigenvalue weighted by Gasteiger charge is 2.66. The number of carboxylic acids is 1. The predicted octanol–water partition coefficient (Wildman–Crippen LogP) is 1.36. The summed E-state index contributed by atoms with van der Waals surface area (Å²) in [5.74, 6) is -13.0. The highest BCUT2D eigenvalue weighted by molar-refractivity contribution is 6.05. The maximum atomic E-state index is 15.1. The largest absolute Gasteiger partial charge is 0.508 e. The summed E-state index contributed by atoms with van der Waals surface area (Å²) in [6.45, 7) is -0.498. The minimum Gasteiger partial charge on any atom is -0.508 e. The van der Waals surface area contributed by atoms with Crippen LogP contribution in [0.4, 0.5) is 8.78 Å². The van der Waals surface area contributed by atoms with Crippen molar-refractivity contribution < 1.29 is 66.9 Å². The van der Waals surface area contributed by atoms with Gasteiger partial charge in [0.2, 0.25) is 53.2 Å². The topological polar surface area (TPSA) is 394 Å². The van der Waals surface area contributed by atoms with Gasteiger partial charge in [-0.2, -0.15) is 0 Å². The summed E-state index contributed by atoms with van der Waals surface area (Å²) in [6.07, 6.45) is 4.35. The maximum Gasteiger partial charge on any atom is 0.309 e. The zero-order valence-electron chi connectivity index (χ0n) is 47.1. The number of imidazole rings is 1. The zero-order chi connectivity index (χ0) is 62.4. The van der Waals surface area contributed by atoms with Crippen LogP contribution in [0.15, 0.2) is 110 Å². The third kappa shape index (κ3) is 13.9. The molecular formula is C61H63F2N13O12. The van der Waals surface area contributed by atoms with E-state index in [1.165, 1.54) is 73.4 Å². The molecular weight excluding hydrogens is 1140 g/mol. The number of aromatic hydroxyl groups is 1. The van der Waals surface area contributed by atoms with Crippen LogP contribution in [-0.4, -0.2) is 131 Å². The van der Waals surface area contributed by atoms with Gasteiger partial charge in [0.1, 0.15) is 52.6 Å². The van der Waals surface area contributed by atoms with E-state index < -0.39 is 131 Å². The lowest BCUT2D eigenvalue weighted by atomic mass is 10.0. The Kier molecular flexibility index (Phi) is 17.7.